The molecule has 0 radical (unpaired) electrons. The van der Waals surface area contributed by atoms with Gasteiger partial charge in [-0.3, -0.25) is 9.59 Å². The van der Waals surface area contributed by atoms with Crippen molar-refractivity contribution in [3.05, 3.63) is 30.1 Å². The first kappa shape index (κ1) is 17.9. The molecule has 4 nitrogen and oxygen atoms in total. The average Bonchev–Trinajstić information content (AvgIpc) is 3.00. The van der Waals surface area contributed by atoms with Crippen LogP contribution in [0, 0.1) is 17.7 Å². The lowest BCUT2D eigenvalue weighted by Gasteiger charge is -2.21. The Balaban J connectivity index is 1.40. The number of nitrogens with zero attached hydrogens (tertiary/aromatic N) is 1. The Morgan fingerprint density at radius 2 is 1.84 bits per heavy atom. The molecule has 0 aromatic heterocycles. The van der Waals surface area contributed by atoms with Gasteiger partial charge in [-0.1, -0.05) is 32.1 Å². The average molecular weight is 346 g/mol. The van der Waals surface area contributed by atoms with Crippen molar-refractivity contribution < 1.29 is 14.0 Å². The van der Waals surface area contributed by atoms with E-state index in [0.29, 0.717) is 31.8 Å². The molecule has 1 unspecified atom stereocenters. The zero-order valence-corrected chi connectivity index (χ0v) is 14.7. The van der Waals surface area contributed by atoms with Crippen LogP contribution in [-0.4, -0.2) is 24.9 Å². The Morgan fingerprint density at radius 1 is 1.12 bits per heavy atom. The standard InChI is InChI=1S/C20H27FN2O2/c21-17-7-9-18(10-8-17)23-14-16(12-20(23)25)13-22-19(24)11-6-15-4-2-1-3-5-15/h7-10,15-16H,1-6,11-14H2,(H,22,24). The normalized spacial score (nSPS) is 21.6. The van der Waals surface area contributed by atoms with E-state index < -0.39 is 0 Å². The molecule has 1 aromatic rings. The molecule has 1 saturated heterocycles. The lowest BCUT2D eigenvalue weighted by Crippen LogP contribution is -2.31. The Morgan fingerprint density at radius 3 is 2.56 bits per heavy atom. The van der Waals surface area contributed by atoms with Crippen LogP contribution in [0.2, 0.25) is 0 Å². The second-order valence-corrected chi connectivity index (χ2v) is 7.40. The van der Waals surface area contributed by atoms with E-state index >= 15 is 0 Å². The monoisotopic (exact) mass is 346 g/mol. The highest BCUT2D eigenvalue weighted by Crippen LogP contribution is 2.27. The molecule has 1 aliphatic carbocycles. The van der Waals surface area contributed by atoms with E-state index in [1.807, 2.05) is 0 Å². The summed E-state index contributed by atoms with van der Waals surface area (Å²) in [6, 6.07) is 5.97. The van der Waals surface area contributed by atoms with Crippen molar-refractivity contribution >= 4 is 17.5 Å². The molecule has 1 heterocycles. The Bertz CT molecular complexity index is 596. The maximum atomic E-state index is 13.0. The second kappa shape index (κ2) is 8.45. The summed E-state index contributed by atoms with van der Waals surface area (Å²) in [4.78, 5) is 25.9. The predicted molar refractivity (Wildman–Crippen MR) is 95.7 cm³/mol. The molecule has 2 aliphatic rings. The van der Waals surface area contributed by atoms with Gasteiger partial charge in [0.1, 0.15) is 5.82 Å². The van der Waals surface area contributed by atoms with Crippen LogP contribution in [0.3, 0.4) is 0 Å². The molecule has 1 saturated carbocycles. The number of amides is 2. The molecule has 2 fully saturated rings. The smallest absolute Gasteiger partial charge is 0.227 e. The van der Waals surface area contributed by atoms with Crippen LogP contribution < -0.4 is 10.2 Å². The first-order valence-corrected chi connectivity index (χ1v) is 9.44. The zero-order chi connectivity index (χ0) is 17.6. The van der Waals surface area contributed by atoms with Gasteiger partial charge in [0, 0.05) is 37.5 Å². The summed E-state index contributed by atoms with van der Waals surface area (Å²) in [5.41, 5.74) is 0.720. The molecule has 136 valence electrons. The van der Waals surface area contributed by atoms with E-state index in [4.69, 9.17) is 0 Å². The van der Waals surface area contributed by atoms with Gasteiger partial charge in [0.25, 0.3) is 0 Å². The van der Waals surface area contributed by atoms with Crippen molar-refractivity contribution in [2.24, 2.45) is 11.8 Å². The number of hydrogen-bond acceptors (Lipinski definition) is 2. The van der Waals surface area contributed by atoms with Gasteiger partial charge >= 0.3 is 0 Å². The number of carbonyl (C=O) groups excluding carboxylic acids is 2. The number of benzene rings is 1. The van der Waals surface area contributed by atoms with Gasteiger partial charge < -0.3 is 10.2 Å². The van der Waals surface area contributed by atoms with E-state index in [1.165, 1.54) is 44.2 Å². The van der Waals surface area contributed by atoms with E-state index in [2.05, 4.69) is 5.32 Å². The third-order valence-electron chi connectivity index (χ3n) is 5.44. The van der Waals surface area contributed by atoms with Crippen molar-refractivity contribution in [1.82, 2.24) is 5.32 Å². The number of hydrogen-bond donors (Lipinski definition) is 1. The van der Waals surface area contributed by atoms with E-state index in [-0.39, 0.29) is 23.5 Å². The summed E-state index contributed by atoms with van der Waals surface area (Å²) in [5, 5.41) is 2.99. The minimum absolute atomic E-state index is 0.0352. The number of halogens is 1. The molecular formula is C20H27FN2O2. The van der Waals surface area contributed by atoms with Gasteiger partial charge in [0.2, 0.25) is 11.8 Å². The summed E-state index contributed by atoms with van der Waals surface area (Å²) < 4.78 is 13.0. The topological polar surface area (TPSA) is 49.4 Å². The number of nitrogens with one attached hydrogen (secondary N) is 1. The number of anilines is 1. The minimum atomic E-state index is -0.308. The lowest BCUT2D eigenvalue weighted by molar-refractivity contribution is -0.122. The fraction of sp³-hybridized carbons (Fsp3) is 0.600. The Hall–Kier alpha value is -1.91. The van der Waals surface area contributed by atoms with Gasteiger partial charge in [-0.25, -0.2) is 4.39 Å². The highest BCUT2D eigenvalue weighted by molar-refractivity contribution is 5.95. The first-order valence-electron chi connectivity index (χ1n) is 9.44. The molecule has 1 aromatic carbocycles. The predicted octanol–water partition coefficient (Wildman–Crippen LogP) is 3.66. The van der Waals surface area contributed by atoms with Crippen LogP contribution in [-0.2, 0) is 9.59 Å². The number of rotatable bonds is 6. The molecule has 25 heavy (non-hydrogen) atoms. The summed E-state index contributed by atoms with van der Waals surface area (Å²) in [6.45, 7) is 1.11. The van der Waals surface area contributed by atoms with Crippen molar-refractivity contribution in [3.8, 4) is 0 Å². The van der Waals surface area contributed by atoms with Crippen LogP contribution in [0.5, 0.6) is 0 Å². The number of carbonyl (C=O) groups is 2. The summed E-state index contributed by atoms with van der Waals surface area (Å²) in [7, 11) is 0. The summed E-state index contributed by atoms with van der Waals surface area (Å²) >= 11 is 0. The molecule has 0 bridgehead atoms. The van der Waals surface area contributed by atoms with Crippen LogP contribution in [0.25, 0.3) is 0 Å². The molecule has 1 aliphatic heterocycles. The minimum Gasteiger partial charge on any atom is -0.356 e. The van der Waals surface area contributed by atoms with E-state index in [1.54, 1.807) is 17.0 Å². The molecule has 3 rings (SSSR count). The second-order valence-electron chi connectivity index (χ2n) is 7.40. The van der Waals surface area contributed by atoms with Crippen molar-refractivity contribution in [3.63, 3.8) is 0 Å². The third-order valence-corrected chi connectivity index (χ3v) is 5.44. The quantitative estimate of drug-likeness (QED) is 0.855. The fourth-order valence-corrected chi connectivity index (χ4v) is 3.95. The van der Waals surface area contributed by atoms with Crippen LogP contribution in [0.15, 0.2) is 24.3 Å². The van der Waals surface area contributed by atoms with Gasteiger partial charge in [-0.05, 0) is 36.6 Å². The maximum Gasteiger partial charge on any atom is 0.227 e. The summed E-state index contributed by atoms with van der Waals surface area (Å²) in [5.74, 6) is 0.654. The van der Waals surface area contributed by atoms with Crippen LogP contribution in [0.4, 0.5) is 10.1 Å². The molecule has 0 spiro atoms. The SMILES string of the molecule is O=C(CCC1CCCCC1)NCC1CC(=O)N(c2ccc(F)cc2)C1. The van der Waals surface area contributed by atoms with E-state index in [0.717, 1.165) is 12.1 Å². The largest absolute Gasteiger partial charge is 0.356 e. The van der Waals surface area contributed by atoms with Crippen molar-refractivity contribution in [2.75, 3.05) is 18.0 Å². The Kier molecular flexibility index (Phi) is 6.05. The first-order chi connectivity index (χ1) is 12.1. The molecule has 5 heteroatoms. The molecular weight excluding hydrogens is 319 g/mol. The van der Waals surface area contributed by atoms with Crippen molar-refractivity contribution in [1.29, 1.82) is 0 Å². The molecule has 1 atom stereocenters. The third kappa shape index (κ3) is 5.03. The maximum absolute atomic E-state index is 13.0. The van der Waals surface area contributed by atoms with E-state index in [9.17, 15) is 14.0 Å². The Labute approximate surface area is 148 Å². The van der Waals surface area contributed by atoms with Crippen LogP contribution in [0.1, 0.15) is 51.4 Å². The zero-order valence-electron chi connectivity index (χ0n) is 14.7. The highest BCUT2D eigenvalue weighted by atomic mass is 19.1. The van der Waals surface area contributed by atoms with Gasteiger partial charge in [-0.2, -0.15) is 0 Å². The fourth-order valence-electron chi connectivity index (χ4n) is 3.95. The van der Waals surface area contributed by atoms with Crippen LogP contribution >= 0.6 is 0 Å². The summed E-state index contributed by atoms with van der Waals surface area (Å²) in [6.07, 6.45) is 8.47. The van der Waals surface area contributed by atoms with Gasteiger partial charge in [0.05, 0.1) is 0 Å². The van der Waals surface area contributed by atoms with Gasteiger partial charge in [0.15, 0.2) is 0 Å². The molecule has 1 N–H and O–H groups in total. The van der Waals surface area contributed by atoms with Crippen molar-refractivity contribution in [2.45, 2.75) is 51.4 Å². The highest BCUT2D eigenvalue weighted by Gasteiger charge is 2.30. The lowest BCUT2D eigenvalue weighted by atomic mass is 9.86. The molecule has 2 amide bonds. The van der Waals surface area contributed by atoms with Gasteiger partial charge in [-0.15, -0.1) is 0 Å².